The van der Waals surface area contributed by atoms with Crippen LogP contribution in [-0.4, -0.2) is 14.5 Å². The SMILES string of the molecule is CCCCCn1c(=O)[nH]c2ncc(Cl)c(CN=O)c21. The zero-order chi connectivity index (χ0) is 13.8. The fourth-order valence-electron chi connectivity index (χ4n) is 2.12. The van der Waals surface area contributed by atoms with E-state index in [1.807, 2.05) is 0 Å². The summed E-state index contributed by atoms with van der Waals surface area (Å²) in [6.45, 7) is 2.61. The zero-order valence-corrected chi connectivity index (χ0v) is 11.4. The molecule has 0 unspecified atom stereocenters. The summed E-state index contributed by atoms with van der Waals surface area (Å²) in [6.07, 6.45) is 4.42. The summed E-state index contributed by atoms with van der Waals surface area (Å²) in [6, 6.07) is 0. The van der Waals surface area contributed by atoms with Gasteiger partial charge in [-0.05, 0) is 6.42 Å². The molecule has 0 aromatic carbocycles. The number of H-pyrrole nitrogens is 1. The van der Waals surface area contributed by atoms with Crippen molar-refractivity contribution in [2.75, 3.05) is 0 Å². The van der Waals surface area contributed by atoms with Crippen molar-refractivity contribution in [3.63, 3.8) is 0 Å². The van der Waals surface area contributed by atoms with Crippen LogP contribution in [0.1, 0.15) is 31.7 Å². The van der Waals surface area contributed by atoms with Crippen LogP contribution in [0, 0.1) is 4.91 Å². The molecule has 0 saturated carbocycles. The van der Waals surface area contributed by atoms with Crippen LogP contribution in [0.25, 0.3) is 11.2 Å². The number of hydrogen-bond acceptors (Lipinski definition) is 4. The van der Waals surface area contributed by atoms with Gasteiger partial charge in [0.05, 0.1) is 10.5 Å². The number of hydrogen-bond donors (Lipinski definition) is 1. The lowest BCUT2D eigenvalue weighted by atomic mass is 10.2. The molecule has 0 aliphatic heterocycles. The number of aryl methyl sites for hydroxylation is 1. The lowest BCUT2D eigenvalue weighted by molar-refractivity contribution is 0.599. The number of nitroso groups, excluding NO2 is 1. The van der Waals surface area contributed by atoms with Gasteiger partial charge in [0.15, 0.2) is 5.65 Å². The first-order valence-electron chi connectivity index (χ1n) is 6.24. The van der Waals surface area contributed by atoms with Crippen LogP contribution >= 0.6 is 11.6 Å². The summed E-state index contributed by atoms with van der Waals surface area (Å²) in [5.74, 6) is 0. The Hall–Kier alpha value is -1.69. The monoisotopic (exact) mass is 282 g/mol. The van der Waals surface area contributed by atoms with Gasteiger partial charge in [0.1, 0.15) is 6.54 Å². The van der Waals surface area contributed by atoms with E-state index in [0.717, 1.165) is 19.3 Å². The van der Waals surface area contributed by atoms with Gasteiger partial charge in [0.2, 0.25) is 0 Å². The normalized spacial score (nSPS) is 11.1. The van der Waals surface area contributed by atoms with Gasteiger partial charge in [-0.15, -0.1) is 0 Å². The van der Waals surface area contributed by atoms with Crippen LogP contribution < -0.4 is 5.69 Å². The molecule has 102 valence electrons. The van der Waals surface area contributed by atoms with E-state index in [-0.39, 0.29) is 12.2 Å². The summed E-state index contributed by atoms with van der Waals surface area (Å²) in [5.41, 5.74) is 1.36. The van der Waals surface area contributed by atoms with Gasteiger partial charge in [-0.2, -0.15) is 4.91 Å². The Labute approximate surface area is 114 Å². The molecular formula is C12H15ClN4O2. The number of rotatable bonds is 6. The Bertz CT molecular complexity index is 647. The maximum atomic E-state index is 11.9. The van der Waals surface area contributed by atoms with Crippen LogP contribution in [0.4, 0.5) is 0 Å². The smallest absolute Gasteiger partial charge is 0.290 e. The molecule has 2 aromatic rings. The van der Waals surface area contributed by atoms with Gasteiger partial charge < -0.3 is 0 Å². The number of aromatic nitrogens is 3. The highest BCUT2D eigenvalue weighted by Crippen LogP contribution is 2.23. The lowest BCUT2D eigenvalue weighted by Crippen LogP contribution is -2.17. The van der Waals surface area contributed by atoms with Gasteiger partial charge in [-0.1, -0.05) is 36.5 Å². The minimum atomic E-state index is -0.229. The average Bonchev–Trinajstić information content (AvgIpc) is 2.70. The van der Waals surface area contributed by atoms with Crippen LogP contribution in [-0.2, 0) is 13.1 Å². The first-order valence-corrected chi connectivity index (χ1v) is 6.61. The van der Waals surface area contributed by atoms with E-state index in [9.17, 15) is 9.70 Å². The Morgan fingerprint density at radius 3 is 2.95 bits per heavy atom. The molecule has 0 atom stereocenters. The largest absolute Gasteiger partial charge is 0.327 e. The number of imidazole rings is 1. The molecule has 0 amide bonds. The maximum absolute atomic E-state index is 11.9. The molecule has 2 aromatic heterocycles. The number of aromatic amines is 1. The fourth-order valence-corrected chi connectivity index (χ4v) is 2.32. The molecule has 2 rings (SSSR count). The third-order valence-corrected chi connectivity index (χ3v) is 3.38. The van der Waals surface area contributed by atoms with Gasteiger partial charge >= 0.3 is 5.69 Å². The molecule has 0 bridgehead atoms. The topological polar surface area (TPSA) is 80.1 Å². The first-order chi connectivity index (χ1) is 9.19. The van der Waals surface area contributed by atoms with Crippen molar-refractivity contribution in [1.29, 1.82) is 0 Å². The number of pyridine rings is 1. The third kappa shape index (κ3) is 2.68. The molecule has 0 radical (unpaired) electrons. The number of fused-ring (bicyclic) bond motifs is 1. The van der Waals surface area contributed by atoms with Crippen LogP contribution in [0.2, 0.25) is 5.02 Å². The lowest BCUT2D eigenvalue weighted by Gasteiger charge is -2.06. The van der Waals surface area contributed by atoms with E-state index in [1.54, 1.807) is 4.57 Å². The minimum Gasteiger partial charge on any atom is -0.290 e. The Morgan fingerprint density at radius 1 is 1.47 bits per heavy atom. The second kappa shape index (κ2) is 5.97. The Morgan fingerprint density at radius 2 is 2.26 bits per heavy atom. The molecule has 0 spiro atoms. The van der Waals surface area contributed by atoms with E-state index < -0.39 is 0 Å². The van der Waals surface area contributed by atoms with Crippen molar-refractivity contribution in [3.05, 3.63) is 32.2 Å². The maximum Gasteiger partial charge on any atom is 0.327 e. The number of unbranched alkanes of at least 4 members (excludes halogenated alkanes) is 2. The van der Waals surface area contributed by atoms with Crippen molar-refractivity contribution < 1.29 is 0 Å². The van der Waals surface area contributed by atoms with Crippen molar-refractivity contribution in [1.82, 2.24) is 14.5 Å². The fraction of sp³-hybridized carbons (Fsp3) is 0.500. The quantitative estimate of drug-likeness (QED) is 0.653. The van der Waals surface area contributed by atoms with E-state index >= 15 is 0 Å². The zero-order valence-electron chi connectivity index (χ0n) is 10.6. The Balaban J connectivity index is 2.54. The average molecular weight is 283 g/mol. The molecule has 1 N–H and O–H groups in total. The van der Waals surface area contributed by atoms with Gasteiger partial charge in [-0.25, -0.2) is 9.78 Å². The van der Waals surface area contributed by atoms with E-state index in [1.165, 1.54) is 6.20 Å². The van der Waals surface area contributed by atoms with Gasteiger partial charge in [0.25, 0.3) is 0 Å². The molecule has 6 nitrogen and oxygen atoms in total. The summed E-state index contributed by atoms with van der Waals surface area (Å²) in [4.78, 5) is 29.2. The Kier molecular flexibility index (Phi) is 4.31. The predicted octanol–water partition coefficient (Wildman–Crippen LogP) is 2.83. The van der Waals surface area contributed by atoms with Crippen molar-refractivity contribution in [3.8, 4) is 0 Å². The third-order valence-electron chi connectivity index (χ3n) is 3.05. The molecule has 0 aliphatic carbocycles. The minimum absolute atomic E-state index is 0.0665. The molecule has 0 fully saturated rings. The molecule has 7 heteroatoms. The van der Waals surface area contributed by atoms with Crippen LogP contribution in [0.3, 0.4) is 0 Å². The number of nitrogens with zero attached hydrogens (tertiary/aromatic N) is 3. The van der Waals surface area contributed by atoms with Gasteiger partial charge in [-0.3, -0.25) is 9.55 Å². The van der Waals surface area contributed by atoms with E-state index in [0.29, 0.717) is 28.3 Å². The van der Waals surface area contributed by atoms with Crippen molar-refractivity contribution in [2.24, 2.45) is 5.18 Å². The standard InChI is InChI=1S/C12H15ClN4O2/c1-2-3-4-5-17-10-8(6-15-19)9(13)7-14-11(10)16-12(17)18/h7H,2-6H2,1H3,(H,14,16,18). The summed E-state index contributed by atoms with van der Waals surface area (Å²) < 4.78 is 1.59. The number of nitrogens with one attached hydrogen (secondary N) is 1. The summed E-state index contributed by atoms with van der Waals surface area (Å²) in [5, 5.41) is 3.23. The predicted molar refractivity (Wildman–Crippen MR) is 74.4 cm³/mol. The second-order valence-corrected chi connectivity index (χ2v) is 4.77. The summed E-state index contributed by atoms with van der Waals surface area (Å²) in [7, 11) is 0. The highest BCUT2D eigenvalue weighted by molar-refractivity contribution is 6.32. The molecule has 0 aliphatic rings. The molecule has 0 saturated heterocycles. The highest BCUT2D eigenvalue weighted by Gasteiger charge is 2.15. The van der Waals surface area contributed by atoms with Crippen LogP contribution in [0.5, 0.6) is 0 Å². The number of halogens is 1. The van der Waals surface area contributed by atoms with Gasteiger partial charge in [0, 0.05) is 18.3 Å². The van der Waals surface area contributed by atoms with E-state index in [2.05, 4.69) is 22.1 Å². The molecular weight excluding hydrogens is 268 g/mol. The van der Waals surface area contributed by atoms with Crippen molar-refractivity contribution >= 4 is 22.8 Å². The summed E-state index contributed by atoms with van der Waals surface area (Å²) >= 11 is 6.03. The first kappa shape index (κ1) is 13.7. The van der Waals surface area contributed by atoms with Crippen molar-refractivity contribution in [2.45, 2.75) is 39.3 Å². The van der Waals surface area contributed by atoms with Crippen LogP contribution in [0.15, 0.2) is 16.2 Å². The second-order valence-electron chi connectivity index (χ2n) is 4.36. The molecule has 2 heterocycles. The molecule has 19 heavy (non-hydrogen) atoms. The highest BCUT2D eigenvalue weighted by atomic mass is 35.5. The van der Waals surface area contributed by atoms with E-state index in [4.69, 9.17) is 11.6 Å².